The Morgan fingerprint density at radius 3 is 2.19 bits per heavy atom. The van der Waals surface area contributed by atoms with E-state index in [1.807, 2.05) is 12.3 Å². The minimum atomic E-state index is 0.610. The van der Waals surface area contributed by atoms with Crippen LogP contribution in [0, 0.1) is 5.41 Å². The fourth-order valence-corrected chi connectivity index (χ4v) is 3.82. The van der Waals surface area contributed by atoms with Crippen LogP contribution in [0.2, 0.25) is 0 Å². The van der Waals surface area contributed by atoms with Crippen molar-refractivity contribution < 1.29 is 0 Å². The Kier molecular flexibility index (Phi) is 4.45. The van der Waals surface area contributed by atoms with Crippen molar-refractivity contribution in [3.05, 3.63) is 23.9 Å². The minimum absolute atomic E-state index is 0.610. The molecule has 3 heterocycles. The summed E-state index contributed by atoms with van der Waals surface area (Å²) in [6.45, 7) is 9.59. The first-order chi connectivity index (χ1) is 10.2. The normalized spacial score (nSPS) is 23.5. The van der Waals surface area contributed by atoms with Crippen LogP contribution in [0.25, 0.3) is 0 Å². The lowest BCUT2D eigenvalue weighted by Crippen LogP contribution is -2.46. The maximum absolute atomic E-state index is 5.65. The maximum Gasteiger partial charge on any atom is 0.123 e. The van der Waals surface area contributed by atoms with Crippen molar-refractivity contribution in [3.63, 3.8) is 0 Å². The van der Waals surface area contributed by atoms with Gasteiger partial charge in [0.25, 0.3) is 0 Å². The molecule has 2 saturated heterocycles. The SMILES string of the molecule is CCN1CCC2(CC1)CCN(Cc1ccc(N)nc1)CC2. The van der Waals surface area contributed by atoms with Crippen molar-refractivity contribution in [1.82, 2.24) is 14.8 Å². The molecule has 2 aliphatic heterocycles. The van der Waals surface area contributed by atoms with E-state index in [0.717, 1.165) is 6.54 Å². The molecule has 4 nitrogen and oxygen atoms in total. The molecule has 3 rings (SSSR count). The number of likely N-dealkylation sites (tertiary alicyclic amines) is 2. The van der Waals surface area contributed by atoms with Crippen molar-refractivity contribution in [1.29, 1.82) is 0 Å². The average Bonchev–Trinajstić information content (AvgIpc) is 2.53. The minimum Gasteiger partial charge on any atom is -0.384 e. The van der Waals surface area contributed by atoms with Gasteiger partial charge in [0, 0.05) is 12.7 Å². The van der Waals surface area contributed by atoms with Gasteiger partial charge in [-0.2, -0.15) is 0 Å². The Labute approximate surface area is 128 Å². The molecule has 1 spiro atoms. The summed E-state index contributed by atoms with van der Waals surface area (Å²) in [6, 6.07) is 4.01. The summed E-state index contributed by atoms with van der Waals surface area (Å²) in [4.78, 5) is 9.36. The van der Waals surface area contributed by atoms with Gasteiger partial charge in [-0.25, -0.2) is 4.98 Å². The van der Waals surface area contributed by atoms with Crippen molar-refractivity contribution in [2.45, 2.75) is 39.2 Å². The second-order valence-corrected chi connectivity index (χ2v) is 6.80. The number of pyridine rings is 1. The Morgan fingerprint density at radius 2 is 1.67 bits per heavy atom. The molecular formula is C17H28N4. The summed E-state index contributed by atoms with van der Waals surface area (Å²) in [5.41, 5.74) is 7.57. The molecule has 2 aliphatic rings. The molecule has 0 aliphatic carbocycles. The van der Waals surface area contributed by atoms with Crippen LogP contribution in [0.1, 0.15) is 38.2 Å². The van der Waals surface area contributed by atoms with Crippen molar-refractivity contribution >= 4 is 5.82 Å². The topological polar surface area (TPSA) is 45.4 Å². The van der Waals surface area contributed by atoms with Gasteiger partial charge in [0.1, 0.15) is 5.82 Å². The monoisotopic (exact) mass is 288 g/mol. The number of anilines is 1. The highest BCUT2D eigenvalue weighted by Gasteiger charge is 2.36. The molecule has 0 unspecified atom stereocenters. The van der Waals surface area contributed by atoms with Gasteiger partial charge in [-0.3, -0.25) is 4.90 Å². The molecular weight excluding hydrogens is 260 g/mol. The van der Waals surface area contributed by atoms with Gasteiger partial charge >= 0.3 is 0 Å². The van der Waals surface area contributed by atoms with Crippen LogP contribution in [0.5, 0.6) is 0 Å². The molecule has 1 aromatic heterocycles. The number of rotatable bonds is 3. The highest BCUT2D eigenvalue weighted by molar-refractivity contribution is 5.29. The molecule has 0 radical (unpaired) electrons. The summed E-state index contributed by atoms with van der Waals surface area (Å²) >= 11 is 0. The summed E-state index contributed by atoms with van der Waals surface area (Å²) in [5, 5.41) is 0. The van der Waals surface area contributed by atoms with E-state index >= 15 is 0 Å². The fourth-order valence-electron chi connectivity index (χ4n) is 3.82. The third-order valence-corrected chi connectivity index (χ3v) is 5.53. The maximum atomic E-state index is 5.65. The van der Waals surface area contributed by atoms with E-state index in [1.54, 1.807) is 0 Å². The predicted molar refractivity (Wildman–Crippen MR) is 86.9 cm³/mol. The molecule has 0 saturated carbocycles. The molecule has 0 amide bonds. The van der Waals surface area contributed by atoms with Gasteiger partial charge in [0.05, 0.1) is 0 Å². The molecule has 0 atom stereocenters. The van der Waals surface area contributed by atoms with Gasteiger partial charge in [-0.05, 0) is 75.5 Å². The van der Waals surface area contributed by atoms with Gasteiger partial charge in [0.15, 0.2) is 0 Å². The van der Waals surface area contributed by atoms with Crippen molar-refractivity contribution in [2.24, 2.45) is 5.41 Å². The average molecular weight is 288 g/mol. The summed E-state index contributed by atoms with van der Waals surface area (Å²) in [6.07, 6.45) is 7.45. The first-order valence-corrected chi connectivity index (χ1v) is 8.34. The second-order valence-electron chi connectivity index (χ2n) is 6.80. The largest absolute Gasteiger partial charge is 0.384 e. The van der Waals surface area contributed by atoms with E-state index < -0.39 is 0 Å². The quantitative estimate of drug-likeness (QED) is 0.927. The Bertz CT molecular complexity index is 438. The van der Waals surface area contributed by atoms with Crippen molar-refractivity contribution in [3.8, 4) is 0 Å². The van der Waals surface area contributed by atoms with E-state index in [-0.39, 0.29) is 0 Å². The Morgan fingerprint density at radius 1 is 1.05 bits per heavy atom. The van der Waals surface area contributed by atoms with Crippen LogP contribution in [-0.2, 0) is 6.54 Å². The van der Waals surface area contributed by atoms with E-state index in [1.165, 1.54) is 64.0 Å². The zero-order chi connectivity index (χ0) is 14.7. The van der Waals surface area contributed by atoms with E-state index in [9.17, 15) is 0 Å². The van der Waals surface area contributed by atoms with Crippen molar-refractivity contribution in [2.75, 3.05) is 38.5 Å². The standard InChI is InChI=1S/C17H28N4/c1-2-20-9-5-17(6-10-20)7-11-21(12-8-17)14-15-3-4-16(18)19-13-15/h3-4,13H,2,5-12,14H2,1H3,(H2,18,19). The first-order valence-electron chi connectivity index (χ1n) is 8.34. The summed E-state index contributed by atoms with van der Waals surface area (Å²) < 4.78 is 0. The van der Waals surface area contributed by atoms with Crippen LogP contribution >= 0.6 is 0 Å². The summed E-state index contributed by atoms with van der Waals surface area (Å²) in [5.74, 6) is 0.610. The molecule has 4 heteroatoms. The smallest absolute Gasteiger partial charge is 0.123 e. The van der Waals surface area contributed by atoms with Gasteiger partial charge in [-0.15, -0.1) is 0 Å². The zero-order valence-electron chi connectivity index (χ0n) is 13.2. The van der Waals surface area contributed by atoms with E-state index in [2.05, 4.69) is 27.8 Å². The second kappa shape index (κ2) is 6.32. The molecule has 2 N–H and O–H groups in total. The number of aromatic nitrogens is 1. The lowest BCUT2D eigenvalue weighted by Gasteiger charge is -2.46. The zero-order valence-corrected chi connectivity index (χ0v) is 13.2. The van der Waals surface area contributed by atoms with E-state index in [4.69, 9.17) is 5.73 Å². The molecule has 2 fully saturated rings. The summed E-state index contributed by atoms with van der Waals surface area (Å²) in [7, 11) is 0. The van der Waals surface area contributed by atoms with Gasteiger partial charge in [-0.1, -0.05) is 13.0 Å². The van der Waals surface area contributed by atoms with Gasteiger partial charge in [0.2, 0.25) is 0 Å². The van der Waals surface area contributed by atoms with Crippen LogP contribution < -0.4 is 5.73 Å². The van der Waals surface area contributed by atoms with Crippen LogP contribution in [0.15, 0.2) is 18.3 Å². The molecule has 0 aromatic carbocycles. The van der Waals surface area contributed by atoms with Gasteiger partial charge < -0.3 is 10.6 Å². The highest BCUT2D eigenvalue weighted by atomic mass is 15.1. The lowest BCUT2D eigenvalue weighted by atomic mass is 9.71. The number of piperidine rings is 2. The molecule has 21 heavy (non-hydrogen) atoms. The third-order valence-electron chi connectivity index (χ3n) is 5.53. The molecule has 116 valence electrons. The fraction of sp³-hybridized carbons (Fsp3) is 0.706. The number of nitrogens with two attached hydrogens (primary N) is 1. The highest BCUT2D eigenvalue weighted by Crippen LogP contribution is 2.41. The molecule has 1 aromatic rings. The third kappa shape index (κ3) is 3.55. The van der Waals surface area contributed by atoms with Crippen LogP contribution in [0.3, 0.4) is 0 Å². The Balaban J connectivity index is 1.50. The first kappa shape index (κ1) is 14.8. The van der Waals surface area contributed by atoms with Crippen LogP contribution in [0.4, 0.5) is 5.82 Å². The van der Waals surface area contributed by atoms with E-state index in [0.29, 0.717) is 11.2 Å². The van der Waals surface area contributed by atoms with Crippen LogP contribution in [-0.4, -0.2) is 47.5 Å². The number of hydrogen-bond acceptors (Lipinski definition) is 4. The Hall–Kier alpha value is -1.13. The number of hydrogen-bond donors (Lipinski definition) is 1. The predicted octanol–water partition coefficient (Wildman–Crippen LogP) is 2.36. The number of nitrogens with zero attached hydrogens (tertiary/aromatic N) is 3. The molecule has 0 bridgehead atoms. The lowest BCUT2D eigenvalue weighted by molar-refractivity contribution is 0.0340. The number of nitrogen functional groups attached to an aromatic ring is 1.